The van der Waals surface area contributed by atoms with Crippen molar-refractivity contribution in [1.29, 1.82) is 0 Å². The standard InChI is InChI=1S/C15H10F2O/c16-12-2-1-3-13(17)15(12)10-4-6-11-9(8-10)5-7-14(11)18/h1-4,6,8H,5,7H2. The van der Waals surface area contributed by atoms with Gasteiger partial charge < -0.3 is 0 Å². The Hall–Kier alpha value is -2.03. The van der Waals surface area contributed by atoms with Crippen molar-refractivity contribution in [3.63, 3.8) is 0 Å². The lowest BCUT2D eigenvalue weighted by molar-refractivity contribution is 0.0994. The summed E-state index contributed by atoms with van der Waals surface area (Å²) in [5.74, 6) is -1.07. The lowest BCUT2D eigenvalue weighted by atomic mass is 9.99. The van der Waals surface area contributed by atoms with E-state index < -0.39 is 11.6 Å². The van der Waals surface area contributed by atoms with Crippen LogP contribution in [0.4, 0.5) is 8.78 Å². The zero-order valence-corrected chi connectivity index (χ0v) is 9.54. The molecule has 0 atom stereocenters. The van der Waals surface area contributed by atoms with Crippen LogP contribution in [0.25, 0.3) is 11.1 Å². The maximum absolute atomic E-state index is 13.7. The number of hydrogen-bond acceptors (Lipinski definition) is 1. The summed E-state index contributed by atoms with van der Waals surface area (Å²) < 4.78 is 27.3. The van der Waals surface area contributed by atoms with Crippen LogP contribution in [-0.2, 0) is 6.42 Å². The van der Waals surface area contributed by atoms with Crippen molar-refractivity contribution in [3.05, 3.63) is 59.2 Å². The molecular weight excluding hydrogens is 234 g/mol. The third kappa shape index (κ3) is 1.63. The number of hydrogen-bond donors (Lipinski definition) is 0. The van der Waals surface area contributed by atoms with Crippen LogP contribution < -0.4 is 0 Å². The first-order valence-electron chi connectivity index (χ1n) is 5.77. The maximum Gasteiger partial charge on any atom is 0.163 e. The van der Waals surface area contributed by atoms with E-state index in [-0.39, 0.29) is 11.3 Å². The first-order chi connectivity index (χ1) is 8.66. The molecule has 0 fully saturated rings. The number of benzene rings is 2. The van der Waals surface area contributed by atoms with Crippen LogP contribution in [0.3, 0.4) is 0 Å². The molecule has 0 saturated carbocycles. The lowest BCUT2D eigenvalue weighted by Gasteiger charge is -2.07. The molecule has 18 heavy (non-hydrogen) atoms. The Bertz CT molecular complexity index is 627. The number of fused-ring (bicyclic) bond motifs is 1. The molecule has 1 nitrogen and oxygen atoms in total. The summed E-state index contributed by atoms with van der Waals surface area (Å²) in [5.41, 5.74) is 2.01. The smallest absolute Gasteiger partial charge is 0.163 e. The van der Waals surface area contributed by atoms with Crippen molar-refractivity contribution in [2.24, 2.45) is 0 Å². The minimum Gasteiger partial charge on any atom is -0.294 e. The van der Waals surface area contributed by atoms with E-state index in [4.69, 9.17) is 0 Å². The van der Waals surface area contributed by atoms with Gasteiger partial charge in [0.1, 0.15) is 11.6 Å². The van der Waals surface area contributed by atoms with Crippen molar-refractivity contribution in [3.8, 4) is 11.1 Å². The van der Waals surface area contributed by atoms with Crippen molar-refractivity contribution < 1.29 is 13.6 Å². The van der Waals surface area contributed by atoms with E-state index >= 15 is 0 Å². The Labute approximate surface area is 103 Å². The zero-order chi connectivity index (χ0) is 12.7. The quantitative estimate of drug-likeness (QED) is 0.746. The summed E-state index contributed by atoms with van der Waals surface area (Å²) in [6.07, 6.45) is 1.14. The topological polar surface area (TPSA) is 17.1 Å². The molecule has 0 N–H and O–H groups in total. The summed E-state index contributed by atoms with van der Waals surface area (Å²) in [5, 5.41) is 0. The third-order valence-electron chi connectivity index (χ3n) is 3.28. The highest BCUT2D eigenvalue weighted by molar-refractivity contribution is 6.00. The van der Waals surface area contributed by atoms with Crippen LogP contribution in [0.5, 0.6) is 0 Å². The number of carbonyl (C=O) groups excluding carboxylic acids is 1. The number of rotatable bonds is 1. The van der Waals surface area contributed by atoms with Crippen LogP contribution in [0.2, 0.25) is 0 Å². The molecule has 90 valence electrons. The molecule has 2 aromatic rings. The highest BCUT2D eigenvalue weighted by atomic mass is 19.1. The van der Waals surface area contributed by atoms with Gasteiger partial charge in [-0.05, 0) is 29.7 Å². The number of Topliss-reactive ketones (excluding diaryl/α,β-unsaturated/α-hetero) is 1. The third-order valence-corrected chi connectivity index (χ3v) is 3.28. The van der Waals surface area contributed by atoms with E-state index in [0.29, 0.717) is 24.0 Å². The fraction of sp³-hybridized carbons (Fsp3) is 0.133. The van der Waals surface area contributed by atoms with Crippen LogP contribution in [0.15, 0.2) is 36.4 Å². The molecule has 0 amide bonds. The molecule has 3 heteroatoms. The first kappa shape index (κ1) is 11.1. The van der Waals surface area contributed by atoms with E-state index in [9.17, 15) is 13.6 Å². The highest BCUT2D eigenvalue weighted by Crippen LogP contribution is 2.30. The van der Waals surface area contributed by atoms with E-state index in [0.717, 1.165) is 5.56 Å². The summed E-state index contributed by atoms with van der Waals surface area (Å²) in [4.78, 5) is 11.5. The van der Waals surface area contributed by atoms with E-state index in [1.54, 1.807) is 18.2 Å². The van der Waals surface area contributed by atoms with Crippen molar-refractivity contribution in [2.75, 3.05) is 0 Å². The molecule has 1 aliphatic carbocycles. The molecule has 0 spiro atoms. The molecule has 0 bridgehead atoms. The van der Waals surface area contributed by atoms with Crippen LogP contribution in [0, 0.1) is 11.6 Å². The molecule has 2 aromatic carbocycles. The minimum absolute atomic E-state index is 0.0281. The fourth-order valence-corrected chi connectivity index (χ4v) is 2.38. The largest absolute Gasteiger partial charge is 0.294 e. The Morgan fingerprint density at radius 3 is 2.39 bits per heavy atom. The van der Waals surface area contributed by atoms with Gasteiger partial charge in [-0.25, -0.2) is 8.78 Å². The second kappa shape index (κ2) is 4.02. The zero-order valence-electron chi connectivity index (χ0n) is 9.54. The second-order valence-corrected chi connectivity index (χ2v) is 4.39. The Balaban J connectivity index is 2.17. The first-order valence-corrected chi connectivity index (χ1v) is 5.77. The number of carbonyl (C=O) groups is 1. The van der Waals surface area contributed by atoms with Crippen LogP contribution >= 0.6 is 0 Å². The van der Waals surface area contributed by atoms with Gasteiger partial charge in [-0.2, -0.15) is 0 Å². The summed E-state index contributed by atoms with van der Waals surface area (Å²) >= 11 is 0. The van der Waals surface area contributed by atoms with Gasteiger partial charge in [0.2, 0.25) is 0 Å². The predicted octanol–water partition coefficient (Wildman–Crippen LogP) is 3.76. The van der Waals surface area contributed by atoms with Gasteiger partial charge in [-0.3, -0.25) is 4.79 Å². The second-order valence-electron chi connectivity index (χ2n) is 4.39. The lowest BCUT2D eigenvalue weighted by Crippen LogP contribution is -1.93. The van der Waals surface area contributed by atoms with Gasteiger partial charge in [0.25, 0.3) is 0 Å². The van der Waals surface area contributed by atoms with Crippen LogP contribution in [0.1, 0.15) is 22.3 Å². The number of aryl methyl sites for hydroxylation is 1. The molecule has 0 aliphatic heterocycles. The normalized spacial score (nSPS) is 13.8. The molecule has 1 aliphatic rings. The van der Waals surface area contributed by atoms with Crippen molar-refractivity contribution in [1.82, 2.24) is 0 Å². The molecule has 3 rings (SSSR count). The van der Waals surface area contributed by atoms with Gasteiger partial charge in [-0.1, -0.05) is 24.3 Å². The van der Waals surface area contributed by atoms with Gasteiger partial charge in [0, 0.05) is 12.0 Å². The Kier molecular flexibility index (Phi) is 2.47. The average Bonchev–Trinajstić information content (AvgIpc) is 2.71. The van der Waals surface area contributed by atoms with Crippen molar-refractivity contribution in [2.45, 2.75) is 12.8 Å². The van der Waals surface area contributed by atoms with Gasteiger partial charge in [-0.15, -0.1) is 0 Å². The Morgan fingerprint density at radius 2 is 1.67 bits per heavy atom. The molecule has 0 heterocycles. The molecule has 0 saturated heterocycles. The number of ketones is 1. The summed E-state index contributed by atoms with van der Waals surface area (Å²) in [7, 11) is 0. The summed E-state index contributed by atoms with van der Waals surface area (Å²) in [6.45, 7) is 0. The molecule has 0 radical (unpaired) electrons. The van der Waals surface area contributed by atoms with E-state index in [1.807, 2.05) is 0 Å². The van der Waals surface area contributed by atoms with Gasteiger partial charge in [0.15, 0.2) is 5.78 Å². The van der Waals surface area contributed by atoms with Crippen molar-refractivity contribution >= 4 is 5.78 Å². The molecule has 0 aromatic heterocycles. The van der Waals surface area contributed by atoms with Gasteiger partial charge >= 0.3 is 0 Å². The summed E-state index contributed by atoms with van der Waals surface area (Å²) in [6, 6.07) is 8.77. The monoisotopic (exact) mass is 244 g/mol. The SMILES string of the molecule is O=C1CCc2cc(-c3c(F)cccc3F)ccc21. The van der Waals surface area contributed by atoms with E-state index in [1.165, 1.54) is 18.2 Å². The fourth-order valence-electron chi connectivity index (χ4n) is 2.38. The molecular formula is C15H10F2O. The van der Waals surface area contributed by atoms with E-state index in [2.05, 4.69) is 0 Å². The van der Waals surface area contributed by atoms with Crippen LogP contribution in [-0.4, -0.2) is 5.78 Å². The average molecular weight is 244 g/mol. The predicted molar refractivity (Wildman–Crippen MR) is 64.4 cm³/mol. The Morgan fingerprint density at radius 1 is 0.944 bits per heavy atom. The number of halogens is 2. The maximum atomic E-state index is 13.7. The minimum atomic E-state index is -0.584. The highest BCUT2D eigenvalue weighted by Gasteiger charge is 2.20. The van der Waals surface area contributed by atoms with Gasteiger partial charge in [0.05, 0.1) is 5.56 Å². The molecule has 0 unspecified atom stereocenters.